The van der Waals surface area contributed by atoms with E-state index in [1.165, 1.54) is 93.1 Å². The lowest BCUT2D eigenvalue weighted by atomic mass is 10.1. The molecule has 0 N–H and O–H groups in total. The Labute approximate surface area is 226 Å². The van der Waals surface area contributed by atoms with Crippen LogP contribution in [0.1, 0.15) is 84.4 Å². The summed E-state index contributed by atoms with van der Waals surface area (Å²) in [6.07, 6.45) is 19.1. The largest absolute Gasteiger partial charge is 0.135 e. The van der Waals surface area contributed by atoms with Gasteiger partial charge in [-0.2, -0.15) is 0 Å². The van der Waals surface area contributed by atoms with Crippen LogP contribution in [0.2, 0.25) is 0 Å². The molecule has 0 atom stereocenters. The van der Waals surface area contributed by atoms with E-state index in [0.29, 0.717) is 0 Å². The van der Waals surface area contributed by atoms with Gasteiger partial charge in [-0.3, -0.25) is 0 Å². The molecule has 2 aromatic heterocycles. The third kappa shape index (κ3) is 8.18. The lowest BCUT2D eigenvalue weighted by Gasteiger charge is -2.01. The van der Waals surface area contributed by atoms with Gasteiger partial charge >= 0.3 is 0 Å². The lowest BCUT2D eigenvalue weighted by Crippen LogP contribution is -1.85. The number of benzene rings is 2. The Hall–Kier alpha value is -2.68. The summed E-state index contributed by atoms with van der Waals surface area (Å²) < 4.78 is 0. The molecule has 0 bridgehead atoms. The zero-order valence-electron chi connectivity index (χ0n) is 21.7. The van der Waals surface area contributed by atoms with E-state index in [1.54, 1.807) is 0 Å². The van der Waals surface area contributed by atoms with E-state index in [-0.39, 0.29) is 0 Å². The second kappa shape index (κ2) is 14.2. The monoisotopic (exact) mass is 510 g/mol. The van der Waals surface area contributed by atoms with Crippen molar-refractivity contribution < 1.29 is 0 Å². The highest BCUT2D eigenvalue weighted by Crippen LogP contribution is 2.35. The van der Waals surface area contributed by atoms with Gasteiger partial charge < -0.3 is 0 Å². The van der Waals surface area contributed by atoms with E-state index in [1.807, 2.05) is 22.7 Å². The van der Waals surface area contributed by atoms with Gasteiger partial charge in [-0.05, 0) is 84.4 Å². The van der Waals surface area contributed by atoms with Gasteiger partial charge in [-0.15, -0.1) is 22.7 Å². The molecule has 0 aliphatic carbocycles. The van der Waals surface area contributed by atoms with Crippen LogP contribution in [0.15, 0.2) is 72.8 Å². The molecule has 0 aliphatic heterocycles. The van der Waals surface area contributed by atoms with Gasteiger partial charge in [0.25, 0.3) is 0 Å². The second-order valence-electron chi connectivity index (χ2n) is 9.47. The van der Waals surface area contributed by atoms with Gasteiger partial charge in [-0.25, -0.2) is 0 Å². The fourth-order valence-electron chi connectivity index (χ4n) is 4.26. The van der Waals surface area contributed by atoms with Crippen molar-refractivity contribution in [3.8, 4) is 9.75 Å². The van der Waals surface area contributed by atoms with Crippen LogP contribution < -0.4 is 0 Å². The number of unbranched alkanes of at least 4 members (excludes halogenated alkanes) is 4. The first kappa shape index (κ1) is 26.4. The van der Waals surface area contributed by atoms with E-state index < -0.39 is 0 Å². The molecule has 0 saturated heterocycles. The van der Waals surface area contributed by atoms with Gasteiger partial charge in [0.15, 0.2) is 0 Å². The predicted molar refractivity (Wildman–Crippen MR) is 165 cm³/mol. The topological polar surface area (TPSA) is 0 Å². The summed E-state index contributed by atoms with van der Waals surface area (Å²) in [7, 11) is 0. The van der Waals surface area contributed by atoms with Crippen molar-refractivity contribution in [3.05, 3.63) is 105 Å². The van der Waals surface area contributed by atoms with Crippen LogP contribution in [0, 0.1) is 0 Å². The first-order chi connectivity index (χ1) is 17.7. The van der Waals surface area contributed by atoms with E-state index in [0.717, 1.165) is 0 Å². The van der Waals surface area contributed by atoms with Crippen molar-refractivity contribution in [2.45, 2.75) is 65.2 Å². The van der Waals surface area contributed by atoms with Crippen molar-refractivity contribution >= 4 is 47.0 Å². The van der Waals surface area contributed by atoms with E-state index in [9.17, 15) is 0 Å². The van der Waals surface area contributed by atoms with Gasteiger partial charge in [0.05, 0.1) is 0 Å². The van der Waals surface area contributed by atoms with Crippen LogP contribution in [-0.4, -0.2) is 0 Å². The molecule has 0 unspecified atom stereocenters. The molecule has 2 heteroatoms. The fourth-order valence-corrected chi connectivity index (χ4v) is 6.17. The van der Waals surface area contributed by atoms with E-state index >= 15 is 0 Å². The fraction of sp³-hybridized carbons (Fsp3) is 0.294. The summed E-state index contributed by atoms with van der Waals surface area (Å²) in [5.74, 6) is 0. The smallest absolute Gasteiger partial charge is 0.0449 e. The Kier molecular flexibility index (Phi) is 10.4. The number of thiophene rings is 2. The van der Waals surface area contributed by atoms with E-state index in [2.05, 4.69) is 111 Å². The molecule has 0 aliphatic rings. The molecule has 4 rings (SSSR count). The summed E-state index contributed by atoms with van der Waals surface area (Å²) in [6, 6.07) is 27.0. The minimum atomic E-state index is 1.19. The van der Waals surface area contributed by atoms with Crippen molar-refractivity contribution in [1.29, 1.82) is 0 Å². The molecule has 4 aromatic rings. The lowest BCUT2D eigenvalue weighted by molar-refractivity contribution is 0.717. The predicted octanol–water partition coefficient (Wildman–Crippen LogP) is 11.3. The molecule has 2 heterocycles. The standard InChI is InChI=1S/C34H38S2/c1-3-5-7-9-27-11-15-29(16-12-27)19-21-31-23-25-33(35-31)34-26-24-32(36-34)22-20-30-17-13-28(14-18-30)10-8-6-4-2/h11-26H,3-10H2,1-2H3. The van der Waals surface area contributed by atoms with Crippen LogP contribution >= 0.6 is 22.7 Å². The van der Waals surface area contributed by atoms with Crippen LogP contribution in [0.4, 0.5) is 0 Å². The van der Waals surface area contributed by atoms with Crippen LogP contribution in [-0.2, 0) is 12.8 Å². The first-order valence-corrected chi connectivity index (χ1v) is 15.1. The molecule has 36 heavy (non-hydrogen) atoms. The minimum Gasteiger partial charge on any atom is -0.135 e. The number of hydrogen-bond acceptors (Lipinski definition) is 2. The Balaban J connectivity index is 1.32. The summed E-state index contributed by atoms with van der Waals surface area (Å²) in [5.41, 5.74) is 5.42. The third-order valence-corrected chi connectivity index (χ3v) is 8.77. The number of hydrogen-bond donors (Lipinski definition) is 0. The zero-order valence-corrected chi connectivity index (χ0v) is 23.3. The maximum absolute atomic E-state index is 2.28. The molecule has 186 valence electrons. The normalized spacial score (nSPS) is 11.7. The quantitative estimate of drug-likeness (QED) is 0.157. The van der Waals surface area contributed by atoms with Gasteiger partial charge in [0, 0.05) is 19.5 Å². The van der Waals surface area contributed by atoms with Crippen LogP contribution in [0.5, 0.6) is 0 Å². The first-order valence-electron chi connectivity index (χ1n) is 13.5. The van der Waals surface area contributed by atoms with Crippen molar-refractivity contribution in [1.82, 2.24) is 0 Å². The van der Waals surface area contributed by atoms with Gasteiger partial charge in [-0.1, -0.05) is 100 Å². The third-order valence-electron chi connectivity index (χ3n) is 6.47. The Morgan fingerprint density at radius 3 is 1.28 bits per heavy atom. The average molecular weight is 511 g/mol. The van der Waals surface area contributed by atoms with Gasteiger partial charge in [0.1, 0.15) is 0 Å². The van der Waals surface area contributed by atoms with Crippen molar-refractivity contribution in [3.63, 3.8) is 0 Å². The SMILES string of the molecule is CCCCCc1ccc(C=Cc2ccc(-c3ccc(C=Cc4ccc(CCCCC)cc4)s3)s2)cc1. The molecular weight excluding hydrogens is 473 g/mol. The van der Waals surface area contributed by atoms with E-state index in [4.69, 9.17) is 0 Å². The molecule has 0 amide bonds. The Morgan fingerprint density at radius 1 is 0.472 bits per heavy atom. The number of rotatable bonds is 13. The minimum absolute atomic E-state index is 1.19. The molecule has 0 spiro atoms. The highest BCUT2D eigenvalue weighted by molar-refractivity contribution is 7.23. The van der Waals surface area contributed by atoms with Crippen molar-refractivity contribution in [2.75, 3.05) is 0 Å². The molecular formula is C34H38S2. The summed E-state index contributed by atoms with van der Waals surface area (Å²) in [4.78, 5) is 5.26. The second-order valence-corrected chi connectivity index (χ2v) is 11.7. The highest BCUT2D eigenvalue weighted by atomic mass is 32.1. The van der Waals surface area contributed by atoms with Crippen LogP contribution in [0.25, 0.3) is 34.1 Å². The van der Waals surface area contributed by atoms with Gasteiger partial charge in [0.2, 0.25) is 0 Å². The maximum Gasteiger partial charge on any atom is 0.0449 e. The zero-order chi connectivity index (χ0) is 25.0. The molecule has 0 fully saturated rings. The Morgan fingerprint density at radius 2 is 0.889 bits per heavy atom. The molecule has 0 radical (unpaired) electrons. The summed E-state index contributed by atoms with van der Waals surface area (Å²) >= 11 is 3.72. The maximum atomic E-state index is 2.28. The average Bonchev–Trinajstić information content (AvgIpc) is 3.58. The highest BCUT2D eigenvalue weighted by Gasteiger charge is 2.05. The summed E-state index contributed by atoms with van der Waals surface area (Å²) in [5, 5.41) is 0. The van der Waals surface area contributed by atoms with Crippen LogP contribution in [0.3, 0.4) is 0 Å². The molecule has 2 aromatic carbocycles. The summed E-state index contributed by atoms with van der Waals surface area (Å²) in [6.45, 7) is 4.52. The number of aryl methyl sites for hydroxylation is 2. The Bertz CT molecular complexity index is 1130. The molecule has 0 nitrogen and oxygen atoms in total. The van der Waals surface area contributed by atoms with Crippen molar-refractivity contribution in [2.24, 2.45) is 0 Å². The molecule has 0 saturated carbocycles.